The zero-order valence-corrected chi connectivity index (χ0v) is 11.4. The summed E-state index contributed by atoms with van der Waals surface area (Å²) in [6.45, 7) is 0.764. The number of piperidine rings is 1. The molecule has 20 heavy (non-hydrogen) atoms. The van der Waals surface area contributed by atoms with Gasteiger partial charge in [0.25, 0.3) is 5.69 Å². The smallest absolute Gasteiger partial charge is 0.269 e. The number of fused-ring (bicyclic) bond motifs is 1. The number of hydrogen-bond donors (Lipinski definition) is 2. The number of nitro groups is 1. The monoisotopic (exact) mass is 276 g/mol. The number of non-ortho nitro benzene ring substituents is 1. The van der Waals surface area contributed by atoms with E-state index < -0.39 is 5.60 Å². The molecule has 5 heteroatoms. The lowest BCUT2D eigenvalue weighted by Crippen LogP contribution is -2.53. The van der Waals surface area contributed by atoms with E-state index in [2.05, 4.69) is 5.32 Å². The Hall–Kier alpha value is -1.46. The first-order valence-electron chi connectivity index (χ1n) is 7.30. The fourth-order valence-electron chi connectivity index (χ4n) is 3.81. The maximum Gasteiger partial charge on any atom is 0.269 e. The Morgan fingerprint density at radius 1 is 1.35 bits per heavy atom. The molecule has 1 heterocycles. The maximum absolute atomic E-state index is 10.9. The molecular formula is C15H20N2O3. The van der Waals surface area contributed by atoms with Gasteiger partial charge in [-0.25, -0.2) is 0 Å². The Morgan fingerprint density at radius 2 is 2.20 bits per heavy atom. The quantitative estimate of drug-likeness (QED) is 0.643. The van der Waals surface area contributed by atoms with Crippen LogP contribution < -0.4 is 5.32 Å². The number of aliphatic hydroxyl groups is 1. The predicted octanol–water partition coefficient (Wildman–Crippen LogP) is 2.55. The first-order chi connectivity index (χ1) is 9.60. The maximum atomic E-state index is 10.9. The van der Waals surface area contributed by atoms with Crippen LogP contribution in [0.25, 0.3) is 0 Å². The molecule has 0 spiro atoms. The number of rotatable bonds is 2. The van der Waals surface area contributed by atoms with Crippen molar-refractivity contribution in [1.29, 1.82) is 0 Å². The molecule has 1 saturated heterocycles. The molecule has 1 saturated carbocycles. The zero-order valence-electron chi connectivity index (χ0n) is 11.4. The third kappa shape index (κ3) is 2.31. The van der Waals surface area contributed by atoms with Crippen molar-refractivity contribution in [2.45, 2.75) is 43.7 Å². The van der Waals surface area contributed by atoms with Crippen molar-refractivity contribution < 1.29 is 10.0 Å². The summed E-state index contributed by atoms with van der Waals surface area (Å²) in [6.07, 6.45) is 4.82. The van der Waals surface area contributed by atoms with E-state index in [1.807, 2.05) is 6.07 Å². The molecule has 0 radical (unpaired) electrons. The Balaban J connectivity index is 1.92. The van der Waals surface area contributed by atoms with Gasteiger partial charge in [-0.05, 0) is 31.4 Å². The largest absolute Gasteiger partial charge is 0.389 e. The van der Waals surface area contributed by atoms with Gasteiger partial charge in [-0.2, -0.15) is 0 Å². The molecule has 3 atom stereocenters. The van der Waals surface area contributed by atoms with Crippen molar-refractivity contribution in [3.8, 4) is 0 Å². The van der Waals surface area contributed by atoms with Gasteiger partial charge in [-0.3, -0.25) is 10.1 Å². The van der Waals surface area contributed by atoms with Gasteiger partial charge in [0.05, 0.1) is 10.5 Å². The lowest BCUT2D eigenvalue weighted by Gasteiger charge is -2.48. The van der Waals surface area contributed by atoms with Gasteiger partial charge in [-0.1, -0.05) is 25.0 Å². The standard InChI is InChI=1S/C15H20N2O3/c18-15-7-2-1-6-13(15)14(16-9-8-15)11-4-3-5-12(10-11)17(19)20/h3-5,10,13-14,16,18H,1-2,6-9H2/t13-,14-,15+/m0/s1. The van der Waals surface area contributed by atoms with Gasteiger partial charge < -0.3 is 10.4 Å². The van der Waals surface area contributed by atoms with E-state index in [9.17, 15) is 15.2 Å². The molecule has 2 N–H and O–H groups in total. The van der Waals surface area contributed by atoms with Crippen molar-refractivity contribution >= 4 is 5.69 Å². The average molecular weight is 276 g/mol. The Morgan fingerprint density at radius 3 is 3.00 bits per heavy atom. The van der Waals surface area contributed by atoms with Crippen molar-refractivity contribution in [2.24, 2.45) is 5.92 Å². The SMILES string of the molecule is O=[N+]([O-])c1cccc([C@@H]2NCC[C@]3(O)CCCC[C@@H]23)c1. The molecular weight excluding hydrogens is 256 g/mol. The lowest BCUT2D eigenvalue weighted by molar-refractivity contribution is -0.385. The predicted molar refractivity (Wildman–Crippen MR) is 75.4 cm³/mol. The Labute approximate surface area is 118 Å². The van der Waals surface area contributed by atoms with Crippen molar-refractivity contribution in [1.82, 2.24) is 5.32 Å². The summed E-state index contributed by atoms with van der Waals surface area (Å²) < 4.78 is 0. The number of nitrogens with one attached hydrogen (secondary N) is 1. The van der Waals surface area contributed by atoms with E-state index in [4.69, 9.17) is 0 Å². The molecule has 3 rings (SSSR count). The molecule has 0 bridgehead atoms. The van der Waals surface area contributed by atoms with Gasteiger partial charge in [0.1, 0.15) is 0 Å². The highest BCUT2D eigenvalue weighted by molar-refractivity contribution is 5.36. The lowest BCUT2D eigenvalue weighted by atomic mass is 9.67. The second-order valence-corrected chi connectivity index (χ2v) is 5.99. The number of benzene rings is 1. The fraction of sp³-hybridized carbons (Fsp3) is 0.600. The number of hydrogen-bond acceptors (Lipinski definition) is 4. The van der Waals surface area contributed by atoms with E-state index in [0.717, 1.165) is 44.2 Å². The van der Waals surface area contributed by atoms with Crippen LogP contribution in [0.5, 0.6) is 0 Å². The van der Waals surface area contributed by atoms with Crippen LogP contribution >= 0.6 is 0 Å². The van der Waals surface area contributed by atoms with E-state index in [1.165, 1.54) is 6.07 Å². The Kier molecular flexibility index (Phi) is 3.48. The molecule has 1 aromatic carbocycles. The summed E-state index contributed by atoms with van der Waals surface area (Å²) in [5, 5.41) is 25.2. The summed E-state index contributed by atoms with van der Waals surface area (Å²) in [7, 11) is 0. The van der Waals surface area contributed by atoms with Crippen LogP contribution in [0.15, 0.2) is 24.3 Å². The number of nitro benzene ring substituents is 1. The van der Waals surface area contributed by atoms with Gasteiger partial charge >= 0.3 is 0 Å². The Bertz CT molecular complexity index is 516. The molecule has 1 aliphatic carbocycles. The fourth-order valence-corrected chi connectivity index (χ4v) is 3.81. The highest BCUT2D eigenvalue weighted by Gasteiger charge is 2.45. The van der Waals surface area contributed by atoms with Crippen LogP contribution in [0.2, 0.25) is 0 Å². The summed E-state index contributed by atoms with van der Waals surface area (Å²) >= 11 is 0. The van der Waals surface area contributed by atoms with Crippen LogP contribution in [0.3, 0.4) is 0 Å². The molecule has 2 aliphatic rings. The molecule has 0 aromatic heterocycles. The van der Waals surface area contributed by atoms with Gasteiger partial charge in [-0.15, -0.1) is 0 Å². The topological polar surface area (TPSA) is 75.4 Å². The molecule has 5 nitrogen and oxygen atoms in total. The third-order valence-electron chi connectivity index (χ3n) is 4.83. The van der Waals surface area contributed by atoms with Gasteiger partial charge in [0.2, 0.25) is 0 Å². The molecule has 0 unspecified atom stereocenters. The molecule has 0 amide bonds. The molecule has 108 valence electrons. The van der Waals surface area contributed by atoms with Gasteiger partial charge in [0, 0.05) is 24.1 Å². The highest BCUT2D eigenvalue weighted by atomic mass is 16.6. The number of nitrogens with zero attached hydrogens (tertiary/aromatic N) is 1. The molecule has 1 aromatic rings. The van der Waals surface area contributed by atoms with E-state index in [0.29, 0.717) is 0 Å². The third-order valence-corrected chi connectivity index (χ3v) is 4.83. The van der Waals surface area contributed by atoms with E-state index >= 15 is 0 Å². The highest BCUT2D eigenvalue weighted by Crippen LogP contribution is 2.45. The van der Waals surface area contributed by atoms with Crippen molar-refractivity contribution in [2.75, 3.05) is 6.54 Å². The summed E-state index contributed by atoms with van der Waals surface area (Å²) in [6, 6.07) is 6.82. The van der Waals surface area contributed by atoms with Crippen LogP contribution in [-0.4, -0.2) is 22.2 Å². The van der Waals surface area contributed by atoms with E-state index in [-0.39, 0.29) is 22.6 Å². The van der Waals surface area contributed by atoms with E-state index in [1.54, 1.807) is 12.1 Å². The minimum atomic E-state index is -0.598. The second kappa shape index (κ2) is 5.14. The second-order valence-electron chi connectivity index (χ2n) is 5.99. The zero-order chi connectivity index (χ0) is 14.2. The molecule has 2 fully saturated rings. The van der Waals surface area contributed by atoms with Crippen LogP contribution in [0.1, 0.15) is 43.7 Å². The summed E-state index contributed by atoms with van der Waals surface area (Å²) in [4.78, 5) is 10.6. The summed E-state index contributed by atoms with van der Waals surface area (Å²) in [5.74, 6) is 0.159. The normalized spacial score (nSPS) is 33.5. The minimum absolute atomic E-state index is 0.0222. The molecule has 1 aliphatic heterocycles. The van der Waals surface area contributed by atoms with Crippen LogP contribution in [-0.2, 0) is 0 Å². The minimum Gasteiger partial charge on any atom is -0.389 e. The average Bonchev–Trinajstić information content (AvgIpc) is 2.46. The van der Waals surface area contributed by atoms with Crippen LogP contribution in [0.4, 0.5) is 5.69 Å². The first kappa shape index (κ1) is 13.5. The van der Waals surface area contributed by atoms with Crippen molar-refractivity contribution in [3.63, 3.8) is 0 Å². The first-order valence-corrected chi connectivity index (χ1v) is 7.30. The van der Waals surface area contributed by atoms with Crippen molar-refractivity contribution in [3.05, 3.63) is 39.9 Å². The summed E-state index contributed by atoms with van der Waals surface area (Å²) in [5.41, 5.74) is 0.442. The van der Waals surface area contributed by atoms with Gasteiger partial charge in [0.15, 0.2) is 0 Å². The van der Waals surface area contributed by atoms with Crippen LogP contribution in [0, 0.1) is 16.0 Å².